The maximum atomic E-state index is 12.8. The fourth-order valence-electron chi connectivity index (χ4n) is 2.10. The third kappa shape index (κ3) is 3.38. The van der Waals surface area contributed by atoms with Crippen molar-refractivity contribution in [3.05, 3.63) is 53.7 Å². The van der Waals surface area contributed by atoms with Gasteiger partial charge in [0.15, 0.2) is 0 Å². The number of hydrogen-bond acceptors (Lipinski definition) is 1. The van der Waals surface area contributed by atoms with Crippen LogP contribution in [-0.4, -0.2) is 4.98 Å². The first kappa shape index (κ1) is 14.6. The van der Waals surface area contributed by atoms with E-state index in [-0.39, 0.29) is 0 Å². The van der Waals surface area contributed by atoms with Gasteiger partial charge in [-0.2, -0.15) is 13.2 Å². The van der Waals surface area contributed by atoms with E-state index in [1.165, 1.54) is 6.07 Å². The number of nitrogens with zero attached hydrogens (tertiary/aromatic N) is 1. The lowest BCUT2D eigenvalue weighted by molar-refractivity contribution is -0.137. The van der Waals surface area contributed by atoms with E-state index in [0.717, 1.165) is 30.9 Å². The highest BCUT2D eigenvalue weighted by molar-refractivity contribution is 5.64. The van der Waals surface area contributed by atoms with Crippen molar-refractivity contribution in [2.24, 2.45) is 0 Å². The van der Waals surface area contributed by atoms with Crippen LogP contribution in [0.1, 0.15) is 30.9 Å². The fraction of sp³-hybridized carbons (Fsp3) is 0.312. The van der Waals surface area contributed by atoms with E-state index in [1.807, 2.05) is 0 Å². The van der Waals surface area contributed by atoms with Crippen LogP contribution in [0.3, 0.4) is 0 Å². The number of rotatable bonds is 4. The van der Waals surface area contributed by atoms with E-state index in [9.17, 15) is 13.2 Å². The Morgan fingerprint density at radius 3 is 2.50 bits per heavy atom. The number of pyridine rings is 1. The molecule has 20 heavy (non-hydrogen) atoms. The second-order valence-corrected chi connectivity index (χ2v) is 4.69. The first-order valence-electron chi connectivity index (χ1n) is 6.64. The normalized spacial score (nSPS) is 11.6. The topological polar surface area (TPSA) is 12.9 Å². The lowest BCUT2D eigenvalue weighted by atomic mass is 9.97. The molecule has 1 nitrogen and oxygen atoms in total. The number of alkyl halides is 3. The average molecular weight is 279 g/mol. The van der Waals surface area contributed by atoms with Crippen LogP contribution in [0.5, 0.6) is 0 Å². The molecule has 4 heteroatoms. The largest absolute Gasteiger partial charge is 0.416 e. The number of benzene rings is 1. The zero-order chi connectivity index (χ0) is 14.6. The van der Waals surface area contributed by atoms with Crippen LogP contribution in [0.2, 0.25) is 0 Å². The van der Waals surface area contributed by atoms with Crippen molar-refractivity contribution in [2.45, 2.75) is 32.4 Å². The number of hydrogen-bond donors (Lipinski definition) is 0. The number of unbranched alkanes of at least 4 members (excludes halogenated alkanes) is 1. The second-order valence-electron chi connectivity index (χ2n) is 4.69. The Labute approximate surface area is 116 Å². The molecule has 1 aromatic heterocycles. The molecule has 0 unspecified atom stereocenters. The summed E-state index contributed by atoms with van der Waals surface area (Å²) in [6.07, 6.45) is -0.0135. The molecule has 0 fully saturated rings. The van der Waals surface area contributed by atoms with Crippen molar-refractivity contribution < 1.29 is 13.2 Å². The van der Waals surface area contributed by atoms with Gasteiger partial charge >= 0.3 is 6.18 Å². The SMILES string of the molecule is CCCCc1ccc(C(F)(F)F)cc1-c1ccccn1. The Balaban J connectivity index is 2.48. The lowest BCUT2D eigenvalue weighted by Gasteiger charge is -2.13. The molecule has 1 aromatic carbocycles. The summed E-state index contributed by atoms with van der Waals surface area (Å²) >= 11 is 0. The fourth-order valence-corrected chi connectivity index (χ4v) is 2.10. The summed E-state index contributed by atoms with van der Waals surface area (Å²) in [5.74, 6) is 0. The summed E-state index contributed by atoms with van der Waals surface area (Å²) in [6.45, 7) is 2.06. The van der Waals surface area contributed by atoms with Crippen LogP contribution in [0, 0.1) is 0 Å². The molecular formula is C16H16F3N. The molecule has 0 aliphatic carbocycles. The van der Waals surface area contributed by atoms with Crippen molar-refractivity contribution in [2.75, 3.05) is 0 Å². The third-order valence-corrected chi connectivity index (χ3v) is 3.18. The van der Waals surface area contributed by atoms with Crippen LogP contribution < -0.4 is 0 Å². The van der Waals surface area contributed by atoms with E-state index >= 15 is 0 Å². The molecule has 1 heterocycles. The highest BCUT2D eigenvalue weighted by Crippen LogP contribution is 2.33. The van der Waals surface area contributed by atoms with Gasteiger partial charge in [0.2, 0.25) is 0 Å². The minimum absolute atomic E-state index is 0.578. The van der Waals surface area contributed by atoms with Gasteiger partial charge in [0, 0.05) is 11.8 Å². The molecular weight excluding hydrogens is 263 g/mol. The van der Waals surface area contributed by atoms with E-state index in [2.05, 4.69) is 11.9 Å². The molecule has 0 atom stereocenters. The van der Waals surface area contributed by atoms with Crippen molar-refractivity contribution in [3.63, 3.8) is 0 Å². The third-order valence-electron chi connectivity index (χ3n) is 3.18. The Kier molecular flexibility index (Phi) is 4.42. The van der Waals surface area contributed by atoms with Crippen molar-refractivity contribution in [1.82, 2.24) is 4.98 Å². The summed E-state index contributed by atoms with van der Waals surface area (Å²) in [5, 5.41) is 0. The lowest BCUT2D eigenvalue weighted by Crippen LogP contribution is -2.06. The van der Waals surface area contributed by atoms with Crippen LogP contribution in [0.15, 0.2) is 42.6 Å². The smallest absolute Gasteiger partial charge is 0.256 e. The molecule has 0 saturated heterocycles. The van der Waals surface area contributed by atoms with Gasteiger partial charge in [-0.1, -0.05) is 25.5 Å². The molecule has 0 spiro atoms. The quantitative estimate of drug-likeness (QED) is 0.757. The zero-order valence-electron chi connectivity index (χ0n) is 11.2. The molecule has 0 aliphatic rings. The minimum Gasteiger partial charge on any atom is -0.256 e. The van der Waals surface area contributed by atoms with Gasteiger partial charge in [0.25, 0.3) is 0 Å². The monoisotopic (exact) mass is 279 g/mol. The maximum Gasteiger partial charge on any atom is 0.416 e. The summed E-state index contributed by atoms with van der Waals surface area (Å²) in [5.41, 5.74) is 1.45. The number of halogens is 3. The first-order chi connectivity index (χ1) is 9.52. The zero-order valence-corrected chi connectivity index (χ0v) is 11.2. The van der Waals surface area contributed by atoms with Gasteiger partial charge in [-0.05, 0) is 42.7 Å². The minimum atomic E-state index is -4.33. The predicted octanol–water partition coefficient (Wildman–Crippen LogP) is 5.11. The second kappa shape index (κ2) is 6.07. The van der Waals surface area contributed by atoms with Crippen LogP contribution in [-0.2, 0) is 12.6 Å². The first-order valence-corrected chi connectivity index (χ1v) is 6.64. The molecule has 0 radical (unpaired) electrons. The Morgan fingerprint density at radius 2 is 1.90 bits per heavy atom. The summed E-state index contributed by atoms with van der Waals surface area (Å²) in [7, 11) is 0. The molecule has 0 N–H and O–H groups in total. The summed E-state index contributed by atoms with van der Waals surface area (Å²) < 4.78 is 38.5. The molecule has 2 rings (SSSR count). The highest BCUT2D eigenvalue weighted by atomic mass is 19.4. The standard InChI is InChI=1S/C16H16F3N/c1-2-3-6-12-8-9-13(16(17,18)19)11-14(12)15-7-4-5-10-20-15/h4-5,7-11H,2-3,6H2,1H3. The highest BCUT2D eigenvalue weighted by Gasteiger charge is 2.31. The summed E-state index contributed by atoms with van der Waals surface area (Å²) in [4.78, 5) is 4.17. The van der Waals surface area contributed by atoms with Gasteiger partial charge in [-0.15, -0.1) is 0 Å². The van der Waals surface area contributed by atoms with Crippen molar-refractivity contribution >= 4 is 0 Å². The van der Waals surface area contributed by atoms with E-state index < -0.39 is 11.7 Å². The molecule has 0 amide bonds. The average Bonchev–Trinajstić information content (AvgIpc) is 2.45. The molecule has 0 saturated carbocycles. The van der Waals surface area contributed by atoms with Crippen LogP contribution >= 0.6 is 0 Å². The van der Waals surface area contributed by atoms with Crippen molar-refractivity contribution in [3.8, 4) is 11.3 Å². The summed E-state index contributed by atoms with van der Waals surface area (Å²) in [6, 6.07) is 9.20. The van der Waals surface area contributed by atoms with Crippen molar-refractivity contribution in [1.29, 1.82) is 0 Å². The van der Waals surface area contributed by atoms with Gasteiger partial charge < -0.3 is 0 Å². The Morgan fingerprint density at radius 1 is 1.10 bits per heavy atom. The Hall–Kier alpha value is -1.84. The Bertz CT molecular complexity index is 562. The predicted molar refractivity (Wildman–Crippen MR) is 73.3 cm³/mol. The number of aromatic nitrogens is 1. The van der Waals surface area contributed by atoms with E-state index in [1.54, 1.807) is 30.5 Å². The van der Waals surface area contributed by atoms with E-state index in [4.69, 9.17) is 0 Å². The van der Waals surface area contributed by atoms with Gasteiger partial charge in [0.05, 0.1) is 11.3 Å². The molecule has 0 aliphatic heterocycles. The maximum absolute atomic E-state index is 12.8. The van der Waals surface area contributed by atoms with E-state index in [0.29, 0.717) is 11.3 Å². The van der Waals surface area contributed by atoms with Gasteiger partial charge in [-0.25, -0.2) is 0 Å². The van der Waals surface area contributed by atoms with Crippen LogP contribution in [0.4, 0.5) is 13.2 Å². The number of aryl methyl sites for hydroxylation is 1. The van der Waals surface area contributed by atoms with Gasteiger partial charge in [0.1, 0.15) is 0 Å². The molecule has 0 bridgehead atoms. The van der Waals surface area contributed by atoms with Crippen LogP contribution in [0.25, 0.3) is 11.3 Å². The van der Waals surface area contributed by atoms with Gasteiger partial charge in [-0.3, -0.25) is 4.98 Å². The molecule has 106 valence electrons. The molecule has 2 aromatic rings.